The number of hydrogen-bond acceptors (Lipinski definition) is 3. The molecule has 1 unspecified atom stereocenters. The van der Waals surface area contributed by atoms with Crippen molar-refractivity contribution >= 4 is 29.1 Å². The molecule has 2 N–H and O–H groups in total. The second-order valence-electron chi connectivity index (χ2n) is 4.95. The van der Waals surface area contributed by atoms with Gasteiger partial charge >= 0.3 is 0 Å². The van der Waals surface area contributed by atoms with Crippen LogP contribution in [0.15, 0.2) is 30.6 Å². The van der Waals surface area contributed by atoms with Gasteiger partial charge in [0.25, 0.3) is 0 Å². The van der Waals surface area contributed by atoms with Gasteiger partial charge in [0, 0.05) is 35.4 Å². The van der Waals surface area contributed by atoms with Crippen molar-refractivity contribution in [3.05, 3.63) is 51.8 Å². The zero-order chi connectivity index (χ0) is 16.1. The number of benzene rings is 1. The number of hydrogen-bond donors (Lipinski definition) is 2. The number of amides is 1. The van der Waals surface area contributed by atoms with E-state index in [1.807, 2.05) is 19.3 Å². The van der Waals surface area contributed by atoms with E-state index in [1.165, 1.54) is 0 Å². The van der Waals surface area contributed by atoms with Crippen molar-refractivity contribution in [2.45, 2.75) is 12.5 Å². The predicted molar refractivity (Wildman–Crippen MR) is 88.2 cm³/mol. The third-order valence-electron chi connectivity index (χ3n) is 3.32. The molecular weight excluding hydrogens is 323 g/mol. The van der Waals surface area contributed by atoms with E-state index in [-0.39, 0.29) is 5.91 Å². The average Bonchev–Trinajstić information content (AvgIpc) is 2.88. The van der Waals surface area contributed by atoms with Gasteiger partial charge in [0.05, 0.1) is 6.20 Å². The Kier molecular flexibility index (Phi) is 5.83. The van der Waals surface area contributed by atoms with Crippen LogP contribution in [0.3, 0.4) is 0 Å². The summed E-state index contributed by atoms with van der Waals surface area (Å²) in [5.41, 5.74) is 1.78. The smallest absolute Gasteiger partial charge is 0.241 e. The van der Waals surface area contributed by atoms with Crippen LogP contribution in [0.2, 0.25) is 10.0 Å². The highest BCUT2D eigenvalue weighted by Crippen LogP contribution is 2.21. The van der Waals surface area contributed by atoms with Crippen LogP contribution < -0.4 is 10.6 Å². The first kappa shape index (κ1) is 16.8. The zero-order valence-corrected chi connectivity index (χ0v) is 13.9. The standard InChI is InChI=1S/C15H18Cl2N4O/c1-18-14(11-8-20-21(2)9-11)15(22)19-6-5-10-3-4-12(16)7-13(10)17/h3-4,7-9,14,18H,5-6H2,1-2H3,(H,19,22). The Hall–Kier alpha value is -1.56. The summed E-state index contributed by atoms with van der Waals surface area (Å²) in [4.78, 5) is 12.2. The second kappa shape index (κ2) is 7.63. The van der Waals surface area contributed by atoms with Crippen LogP contribution >= 0.6 is 23.2 Å². The maximum Gasteiger partial charge on any atom is 0.241 e. The molecule has 22 heavy (non-hydrogen) atoms. The summed E-state index contributed by atoms with van der Waals surface area (Å²) in [7, 11) is 3.56. The van der Waals surface area contributed by atoms with Gasteiger partial charge in [0.2, 0.25) is 5.91 Å². The topological polar surface area (TPSA) is 59.0 Å². The number of rotatable bonds is 6. The molecule has 7 heteroatoms. The number of nitrogens with one attached hydrogen (secondary N) is 2. The largest absolute Gasteiger partial charge is 0.354 e. The van der Waals surface area contributed by atoms with E-state index in [9.17, 15) is 4.79 Å². The summed E-state index contributed by atoms with van der Waals surface area (Å²) in [5.74, 6) is -0.0967. The SMILES string of the molecule is CNC(C(=O)NCCc1ccc(Cl)cc1Cl)c1cnn(C)c1. The zero-order valence-electron chi connectivity index (χ0n) is 12.4. The minimum Gasteiger partial charge on any atom is -0.354 e. The highest BCUT2D eigenvalue weighted by molar-refractivity contribution is 6.35. The molecule has 0 saturated heterocycles. The summed E-state index contributed by atoms with van der Waals surface area (Å²) in [5, 5.41) is 11.2. The van der Waals surface area contributed by atoms with Gasteiger partial charge in [-0.15, -0.1) is 0 Å². The van der Waals surface area contributed by atoms with Crippen LogP contribution in [-0.4, -0.2) is 29.3 Å². The summed E-state index contributed by atoms with van der Waals surface area (Å²) in [6, 6.07) is 4.94. The van der Waals surface area contributed by atoms with Crippen molar-refractivity contribution in [3.8, 4) is 0 Å². The molecule has 0 aliphatic heterocycles. The molecule has 2 aromatic rings. The van der Waals surface area contributed by atoms with Crippen LogP contribution in [0.1, 0.15) is 17.2 Å². The third-order valence-corrected chi connectivity index (χ3v) is 3.90. The highest BCUT2D eigenvalue weighted by Gasteiger charge is 2.19. The van der Waals surface area contributed by atoms with Crippen molar-refractivity contribution in [2.24, 2.45) is 7.05 Å². The normalized spacial score (nSPS) is 12.2. The molecule has 0 spiro atoms. The van der Waals surface area contributed by atoms with Crippen LogP contribution in [0.4, 0.5) is 0 Å². The van der Waals surface area contributed by atoms with Crippen molar-refractivity contribution in [1.82, 2.24) is 20.4 Å². The van der Waals surface area contributed by atoms with Gasteiger partial charge in [-0.2, -0.15) is 5.10 Å². The number of nitrogens with zero attached hydrogens (tertiary/aromatic N) is 2. The molecule has 0 bridgehead atoms. The van der Waals surface area contributed by atoms with E-state index in [1.54, 1.807) is 30.1 Å². The van der Waals surface area contributed by atoms with Gasteiger partial charge in [-0.25, -0.2) is 0 Å². The molecule has 0 radical (unpaired) electrons. The van der Waals surface area contributed by atoms with Gasteiger partial charge in [0.1, 0.15) is 6.04 Å². The molecule has 118 valence electrons. The van der Waals surface area contributed by atoms with E-state index >= 15 is 0 Å². The molecule has 0 aliphatic carbocycles. The van der Waals surface area contributed by atoms with Crippen LogP contribution in [0.25, 0.3) is 0 Å². The molecule has 0 aliphatic rings. The number of aromatic nitrogens is 2. The van der Waals surface area contributed by atoms with Gasteiger partial charge in [0.15, 0.2) is 0 Å². The predicted octanol–water partition coefficient (Wildman–Crippen LogP) is 2.35. The van der Waals surface area contributed by atoms with Crippen LogP contribution in [-0.2, 0) is 18.3 Å². The first-order valence-electron chi connectivity index (χ1n) is 6.88. The molecule has 1 aromatic heterocycles. The molecule has 0 fully saturated rings. The second-order valence-corrected chi connectivity index (χ2v) is 5.79. The third kappa shape index (κ3) is 4.22. The lowest BCUT2D eigenvalue weighted by atomic mass is 10.1. The Morgan fingerprint density at radius 3 is 2.77 bits per heavy atom. The molecule has 1 aromatic carbocycles. The van der Waals surface area contributed by atoms with Gasteiger partial charge in [-0.3, -0.25) is 9.48 Å². The van der Waals surface area contributed by atoms with E-state index < -0.39 is 6.04 Å². The molecule has 1 atom stereocenters. The van der Waals surface area contributed by atoms with Crippen molar-refractivity contribution in [1.29, 1.82) is 0 Å². The van der Waals surface area contributed by atoms with Crippen LogP contribution in [0, 0.1) is 0 Å². The van der Waals surface area contributed by atoms with Gasteiger partial charge in [-0.05, 0) is 31.2 Å². The van der Waals surface area contributed by atoms with E-state index in [0.717, 1.165) is 11.1 Å². The number of halogens is 2. The van der Waals surface area contributed by atoms with Crippen molar-refractivity contribution in [2.75, 3.05) is 13.6 Å². The minimum absolute atomic E-state index is 0.0967. The van der Waals surface area contributed by atoms with E-state index in [0.29, 0.717) is 23.0 Å². The number of carbonyl (C=O) groups is 1. The molecule has 2 rings (SSSR count). The fraction of sp³-hybridized carbons (Fsp3) is 0.333. The van der Waals surface area contributed by atoms with Crippen molar-refractivity contribution in [3.63, 3.8) is 0 Å². The molecule has 1 amide bonds. The summed E-state index contributed by atoms with van der Waals surface area (Å²) < 4.78 is 1.67. The van der Waals surface area contributed by atoms with Crippen molar-refractivity contribution < 1.29 is 4.79 Å². The fourth-order valence-electron chi connectivity index (χ4n) is 2.19. The fourth-order valence-corrected chi connectivity index (χ4v) is 2.69. The Morgan fingerprint density at radius 2 is 2.18 bits per heavy atom. The summed E-state index contributed by atoms with van der Waals surface area (Å²) in [6.45, 7) is 0.499. The summed E-state index contributed by atoms with van der Waals surface area (Å²) >= 11 is 12.0. The van der Waals surface area contributed by atoms with E-state index in [4.69, 9.17) is 23.2 Å². The molecule has 1 heterocycles. The highest BCUT2D eigenvalue weighted by atomic mass is 35.5. The number of aryl methyl sites for hydroxylation is 1. The van der Waals surface area contributed by atoms with E-state index in [2.05, 4.69) is 15.7 Å². The first-order valence-corrected chi connectivity index (χ1v) is 7.64. The monoisotopic (exact) mass is 340 g/mol. The lowest BCUT2D eigenvalue weighted by Crippen LogP contribution is -2.36. The summed E-state index contributed by atoms with van der Waals surface area (Å²) in [6.07, 6.45) is 4.14. The van der Waals surface area contributed by atoms with Crippen LogP contribution in [0.5, 0.6) is 0 Å². The number of carbonyl (C=O) groups excluding carboxylic acids is 1. The Bertz CT molecular complexity index is 657. The lowest BCUT2D eigenvalue weighted by molar-refractivity contribution is -0.123. The molecular formula is C15H18Cl2N4O. The maximum atomic E-state index is 12.2. The molecule has 0 saturated carbocycles. The Balaban J connectivity index is 1.91. The van der Waals surface area contributed by atoms with Gasteiger partial charge in [-0.1, -0.05) is 29.3 Å². The first-order chi connectivity index (χ1) is 10.5. The van der Waals surface area contributed by atoms with Gasteiger partial charge < -0.3 is 10.6 Å². The average molecular weight is 341 g/mol. The molecule has 5 nitrogen and oxygen atoms in total. The Morgan fingerprint density at radius 1 is 1.41 bits per heavy atom. The maximum absolute atomic E-state index is 12.2. The lowest BCUT2D eigenvalue weighted by Gasteiger charge is -2.14. The Labute approximate surface area is 139 Å². The number of likely N-dealkylation sites (N-methyl/N-ethyl adjacent to an activating group) is 1. The minimum atomic E-state index is -0.422. The quantitative estimate of drug-likeness (QED) is 0.848.